The van der Waals surface area contributed by atoms with Gasteiger partial charge in [-0.25, -0.2) is 4.79 Å². The number of methoxy groups -OCH3 is 2. The highest BCUT2D eigenvalue weighted by atomic mass is 16.6. The van der Waals surface area contributed by atoms with Gasteiger partial charge in [0.2, 0.25) is 0 Å². The van der Waals surface area contributed by atoms with Crippen molar-refractivity contribution < 1.29 is 19.0 Å². The molecule has 1 heterocycles. The lowest BCUT2D eigenvalue weighted by atomic mass is 9.89. The van der Waals surface area contributed by atoms with Crippen molar-refractivity contribution in [1.82, 2.24) is 9.80 Å². The van der Waals surface area contributed by atoms with E-state index in [2.05, 4.69) is 18.0 Å². The zero-order valence-corrected chi connectivity index (χ0v) is 16.4. The van der Waals surface area contributed by atoms with Crippen LogP contribution < -0.4 is 9.47 Å². The molecule has 2 aliphatic rings. The van der Waals surface area contributed by atoms with Crippen molar-refractivity contribution in [2.45, 2.75) is 25.3 Å². The van der Waals surface area contributed by atoms with Crippen LogP contribution in [0.3, 0.4) is 0 Å². The molecule has 0 spiro atoms. The molecule has 6 nitrogen and oxygen atoms in total. The lowest BCUT2D eigenvalue weighted by Gasteiger charge is -2.27. The van der Waals surface area contributed by atoms with Gasteiger partial charge in [0.25, 0.3) is 0 Å². The van der Waals surface area contributed by atoms with Crippen molar-refractivity contribution >= 4 is 6.09 Å². The summed E-state index contributed by atoms with van der Waals surface area (Å²) in [6.07, 6.45) is 5.16. The van der Waals surface area contributed by atoms with E-state index in [0.717, 1.165) is 42.6 Å². The van der Waals surface area contributed by atoms with Crippen LogP contribution in [-0.2, 0) is 4.74 Å². The molecule has 1 saturated heterocycles. The number of carbonyl (C=O) groups is 1. The summed E-state index contributed by atoms with van der Waals surface area (Å²) in [4.78, 5) is 15.2. The molecule has 2 atom stereocenters. The number of fused-ring (bicyclic) bond motifs is 1. The number of amides is 1. The molecular formula is C20H30N2O4. The third-order valence-corrected chi connectivity index (χ3v) is 4.84. The van der Waals surface area contributed by atoms with Gasteiger partial charge in [-0.3, -0.25) is 4.90 Å². The molecular weight excluding hydrogens is 332 g/mol. The third kappa shape index (κ3) is 5.14. The van der Waals surface area contributed by atoms with E-state index in [1.807, 2.05) is 24.3 Å². The molecule has 1 amide bonds. The topological polar surface area (TPSA) is 51.2 Å². The average molecular weight is 362 g/mol. The quantitative estimate of drug-likeness (QED) is 0.825. The number of hydrogen-bond acceptors (Lipinski definition) is 5. The molecule has 1 fully saturated rings. The molecule has 0 radical (unpaired) electrons. The normalized spacial score (nSPS) is 21.7. The van der Waals surface area contributed by atoms with Crippen LogP contribution in [0, 0.1) is 5.92 Å². The van der Waals surface area contributed by atoms with Crippen LogP contribution >= 0.6 is 0 Å². The molecule has 2 unspecified atom stereocenters. The van der Waals surface area contributed by atoms with Crippen LogP contribution in [0.4, 0.5) is 4.79 Å². The predicted octanol–water partition coefficient (Wildman–Crippen LogP) is 3.39. The average Bonchev–Trinajstić information content (AvgIpc) is 3.02. The monoisotopic (exact) mass is 362 g/mol. The first-order valence-electron chi connectivity index (χ1n) is 8.93. The molecule has 1 aromatic rings. The van der Waals surface area contributed by atoms with Crippen molar-refractivity contribution in [2.75, 3.05) is 41.9 Å². The van der Waals surface area contributed by atoms with Gasteiger partial charge in [0.1, 0.15) is 5.76 Å². The number of hydrogen-bond donors (Lipinski definition) is 0. The van der Waals surface area contributed by atoms with Crippen molar-refractivity contribution in [3.05, 3.63) is 36.1 Å². The van der Waals surface area contributed by atoms with Gasteiger partial charge in [-0.2, -0.15) is 0 Å². The zero-order chi connectivity index (χ0) is 19.1. The fourth-order valence-corrected chi connectivity index (χ4v) is 3.30. The van der Waals surface area contributed by atoms with E-state index in [4.69, 9.17) is 14.2 Å². The molecule has 0 aromatic heterocycles. The Labute approximate surface area is 156 Å². The molecule has 1 aromatic carbocycles. The van der Waals surface area contributed by atoms with Crippen LogP contribution in [0.5, 0.6) is 11.5 Å². The van der Waals surface area contributed by atoms with E-state index in [1.165, 1.54) is 11.3 Å². The van der Waals surface area contributed by atoms with Gasteiger partial charge in [0, 0.05) is 26.6 Å². The van der Waals surface area contributed by atoms with Crippen molar-refractivity contribution in [2.24, 2.45) is 5.92 Å². The van der Waals surface area contributed by atoms with Gasteiger partial charge >= 0.3 is 6.09 Å². The number of allylic oxidation sites excluding steroid dienone is 1. The van der Waals surface area contributed by atoms with E-state index in [-0.39, 0.29) is 6.09 Å². The second kappa shape index (κ2) is 9.48. The minimum Gasteiger partial charge on any atom is -0.493 e. The Balaban J connectivity index is 0.000000209. The number of rotatable bonds is 3. The molecule has 1 aliphatic carbocycles. The second-order valence-electron chi connectivity index (χ2n) is 6.81. The van der Waals surface area contributed by atoms with Crippen LogP contribution in [0.15, 0.2) is 36.1 Å². The number of likely N-dealkylation sites (tertiary alicyclic amines) is 1. The summed E-state index contributed by atoms with van der Waals surface area (Å²) < 4.78 is 15.4. The first-order valence-corrected chi connectivity index (χ1v) is 8.93. The highest BCUT2D eigenvalue weighted by Gasteiger charge is 2.33. The maximum atomic E-state index is 11.4. The van der Waals surface area contributed by atoms with Gasteiger partial charge in [0.05, 0.1) is 14.2 Å². The Bertz CT molecular complexity index is 607. The summed E-state index contributed by atoms with van der Waals surface area (Å²) >= 11 is 0. The molecule has 144 valence electrons. The molecule has 0 saturated carbocycles. The summed E-state index contributed by atoms with van der Waals surface area (Å²) in [5.41, 5.74) is 0. The summed E-state index contributed by atoms with van der Waals surface area (Å²) in [5.74, 6) is 3.13. The Morgan fingerprint density at radius 3 is 2.27 bits per heavy atom. The highest BCUT2D eigenvalue weighted by Crippen LogP contribution is 2.34. The van der Waals surface area contributed by atoms with Gasteiger partial charge in [0.15, 0.2) is 11.5 Å². The van der Waals surface area contributed by atoms with E-state index >= 15 is 0 Å². The van der Waals surface area contributed by atoms with Crippen LogP contribution in [-0.4, -0.2) is 63.8 Å². The molecule has 3 rings (SSSR count). The molecule has 0 N–H and O–H groups in total. The van der Waals surface area contributed by atoms with Gasteiger partial charge in [-0.1, -0.05) is 12.1 Å². The van der Waals surface area contributed by atoms with Crippen LogP contribution in [0.25, 0.3) is 0 Å². The van der Waals surface area contributed by atoms with Crippen LogP contribution in [0.1, 0.15) is 19.3 Å². The number of carbonyl (C=O) groups excluding carboxylic acids is 1. The van der Waals surface area contributed by atoms with Gasteiger partial charge in [-0.15, -0.1) is 0 Å². The molecule has 6 heteroatoms. The lowest BCUT2D eigenvalue weighted by molar-refractivity contribution is 0.137. The van der Waals surface area contributed by atoms with E-state index in [9.17, 15) is 4.79 Å². The Kier molecular flexibility index (Phi) is 7.33. The second-order valence-corrected chi connectivity index (χ2v) is 6.81. The molecule has 1 aliphatic heterocycles. The smallest absolute Gasteiger partial charge is 0.414 e. The zero-order valence-electron chi connectivity index (χ0n) is 16.4. The number of para-hydroxylation sites is 2. The van der Waals surface area contributed by atoms with Gasteiger partial charge < -0.3 is 19.1 Å². The maximum absolute atomic E-state index is 11.4. The van der Waals surface area contributed by atoms with Crippen molar-refractivity contribution in [3.8, 4) is 11.5 Å². The summed E-state index contributed by atoms with van der Waals surface area (Å²) in [5, 5.41) is 0. The van der Waals surface area contributed by atoms with E-state index < -0.39 is 0 Å². The third-order valence-electron chi connectivity index (χ3n) is 4.84. The Hall–Kier alpha value is -2.21. The Morgan fingerprint density at radius 2 is 1.73 bits per heavy atom. The first-order chi connectivity index (χ1) is 12.5. The number of benzene rings is 1. The predicted molar refractivity (Wildman–Crippen MR) is 102 cm³/mol. The van der Waals surface area contributed by atoms with Crippen LogP contribution in [0.2, 0.25) is 0 Å². The van der Waals surface area contributed by atoms with E-state index in [0.29, 0.717) is 6.04 Å². The maximum Gasteiger partial charge on any atom is 0.414 e. The minimum absolute atomic E-state index is 0.273. The largest absolute Gasteiger partial charge is 0.493 e. The molecule has 0 bridgehead atoms. The standard InChI is InChI=1S/C12H20N2O2.C8H10O2/c1-13(2)12(15)16-10-5-4-9-6-7-14(3)11(9)8-10;1-9-7-5-3-4-6-8(7)10-2/h8-9,11H,4-7H2,1-3H3;3-6H,1-2H3. The Morgan fingerprint density at radius 1 is 1.12 bits per heavy atom. The summed E-state index contributed by atoms with van der Waals surface area (Å²) in [7, 11) is 8.79. The van der Waals surface area contributed by atoms with Crippen molar-refractivity contribution in [1.29, 1.82) is 0 Å². The van der Waals surface area contributed by atoms with Gasteiger partial charge in [-0.05, 0) is 50.6 Å². The van der Waals surface area contributed by atoms with E-state index in [1.54, 1.807) is 28.3 Å². The number of likely N-dealkylation sites (N-methyl/N-ethyl adjacent to an activating group) is 1. The highest BCUT2D eigenvalue weighted by molar-refractivity contribution is 5.68. The SMILES string of the molecule is CN(C)C(=O)OC1=CC2C(CC1)CCN2C.COc1ccccc1OC. The lowest BCUT2D eigenvalue weighted by Crippen LogP contribution is -2.31. The minimum atomic E-state index is -0.273. The summed E-state index contributed by atoms with van der Waals surface area (Å²) in [6, 6.07) is 8.00. The molecule has 26 heavy (non-hydrogen) atoms. The number of nitrogens with zero attached hydrogens (tertiary/aromatic N) is 2. The number of ether oxygens (including phenoxy) is 3. The first kappa shape index (κ1) is 20.1. The van der Waals surface area contributed by atoms with Crippen molar-refractivity contribution in [3.63, 3.8) is 0 Å². The fourth-order valence-electron chi connectivity index (χ4n) is 3.30. The summed E-state index contributed by atoms with van der Waals surface area (Å²) in [6.45, 7) is 1.15. The fraction of sp³-hybridized carbons (Fsp3) is 0.550.